The number of benzene rings is 1. The lowest BCUT2D eigenvalue weighted by atomic mass is 10.2. The minimum atomic E-state index is -0.112. The van der Waals surface area contributed by atoms with Gasteiger partial charge in [-0.1, -0.05) is 25.5 Å². The van der Waals surface area contributed by atoms with Gasteiger partial charge in [0.05, 0.1) is 16.6 Å². The molecule has 0 aromatic heterocycles. The van der Waals surface area contributed by atoms with Gasteiger partial charge in [0, 0.05) is 13.1 Å². The maximum absolute atomic E-state index is 12.3. The lowest BCUT2D eigenvalue weighted by molar-refractivity contribution is -0.115. The Morgan fingerprint density at radius 1 is 1.17 bits per heavy atom. The Bertz CT molecular complexity index is 559. The molecule has 1 aliphatic heterocycles. The zero-order chi connectivity index (χ0) is 17.4. The van der Waals surface area contributed by atoms with Gasteiger partial charge in [0.15, 0.2) is 0 Å². The fourth-order valence-electron chi connectivity index (χ4n) is 2.53. The Balaban J connectivity index is 1.95. The van der Waals surface area contributed by atoms with E-state index in [0.717, 1.165) is 44.5 Å². The zero-order valence-corrected chi connectivity index (χ0v) is 15.3. The molecule has 0 saturated carbocycles. The monoisotopic (exact) mass is 349 g/mol. The first-order valence-electron chi connectivity index (χ1n) is 8.69. The molecule has 24 heavy (non-hydrogen) atoms. The van der Waals surface area contributed by atoms with Crippen LogP contribution < -0.4 is 10.6 Å². The van der Waals surface area contributed by atoms with Crippen molar-refractivity contribution in [1.82, 2.24) is 4.90 Å². The first kappa shape index (κ1) is 18.6. The number of urea groups is 1. The maximum Gasteiger partial charge on any atom is 0.321 e. The summed E-state index contributed by atoms with van der Waals surface area (Å²) >= 11 is 1.66. The van der Waals surface area contributed by atoms with E-state index in [1.54, 1.807) is 11.8 Å². The number of carbonyl (C=O) groups is 2. The fraction of sp³-hybridized carbons (Fsp3) is 0.556. The van der Waals surface area contributed by atoms with Gasteiger partial charge in [-0.2, -0.15) is 0 Å². The summed E-state index contributed by atoms with van der Waals surface area (Å²) in [6.45, 7) is 5.66. The molecule has 1 aromatic carbocycles. The predicted molar refractivity (Wildman–Crippen MR) is 102 cm³/mol. The third-order valence-corrected chi connectivity index (χ3v) is 5.29. The molecular formula is C18H27N3O2S. The first-order chi connectivity index (χ1) is 11.6. The third-order valence-electron chi connectivity index (χ3n) is 4.05. The van der Waals surface area contributed by atoms with Crippen LogP contribution in [0.2, 0.25) is 0 Å². The average Bonchev–Trinajstić information content (AvgIpc) is 3.11. The summed E-state index contributed by atoms with van der Waals surface area (Å²) in [4.78, 5) is 26.4. The van der Waals surface area contributed by atoms with Crippen molar-refractivity contribution >= 4 is 35.1 Å². The van der Waals surface area contributed by atoms with Gasteiger partial charge in [0.2, 0.25) is 5.91 Å². The summed E-state index contributed by atoms with van der Waals surface area (Å²) < 4.78 is 0. The van der Waals surface area contributed by atoms with Crippen LogP contribution in [0.25, 0.3) is 0 Å². The molecular weight excluding hydrogens is 322 g/mol. The summed E-state index contributed by atoms with van der Waals surface area (Å²) in [6.07, 6.45) is 4.36. The van der Waals surface area contributed by atoms with Crippen LogP contribution in [0.3, 0.4) is 0 Å². The Morgan fingerprint density at radius 2 is 1.79 bits per heavy atom. The van der Waals surface area contributed by atoms with E-state index >= 15 is 0 Å². The molecule has 1 atom stereocenters. The molecule has 0 bridgehead atoms. The summed E-state index contributed by atoms with van der Waals surface area (Å²) in [7, 11) is 0. The predicted octanol–water partition coefficient (Wildman–Crippen LogP) is 4.17. The van der Waals surface area contributed by atoms with E-state index in [2.05, 4.69) is 17.6 Å². The molecule has 0 spiro atoms. The highest BCUT2D eigenvalue weighted by molar-refractivity contribution is 8.00. The number of rotatable bonds is 7. The lowest BCUT2D eigenvalue weighted by Crippen LogP contribution is -2.32. The van der Waals surface area contributed by atoms with Crippen LogP contribution in [0.4, 0.5) is 16.2 Å². The number of nitrogens with zero attached hydrogens (tertiary/aromatic N) is 1. The number of nitrogens with one attached hydrogen (secondary N) is 2. The van der Waals surface area contributed by atoms with Crippen LogP contribution in [-0.2, 0) is 4.79 Å². The van der Waals surface area contributed by atoms with Crippen LogP contribution in [0, 0.1) is 0 Å². The number of amides is 3. The highest BCUT2D eigenvalue weighted by Crippen LogP contribution is 2.24. The van der Waals surface area contributed by atoms with Crippen molar-refractivity contribution < 1.29 is 9.59 Å². The van der Waals surface area contributed by atoms with E-state index in [0.29, 0.717) is 11.4 Å². The first-order valence-corrected chi connectivity index (χ1v) is 9.74. The van der Waals surface area contributed by atoms with Gasteiger partial charge in [0.25, 0.3) is 0 Å². The Hall–Kier alpha value is -1.69. The van der Waals surface area contributed by atoms with E-state index in [4.69, 9.17) is 0 Å². The van der Waals surface area contributed by atoms with Gasteiger partial charge >= 0.3 is 6.03 Å². The summed E-state index contributed by atoms with van der Waals surface area (Å²) in [5.41, 5.74) is 1.30. The standard InChI is InChI=1S/C18H27N3O2S/c1-3-4-13-24-14(2)17(22)19-15-9-5-6-10-16(15)20-18(23)21-11-7-8-12-21/h5-6,9-10,14H,3-4,7-8,11-13H2,1-2H3,(H,19,22)(H,20,23). The molecule has 1 fully saturated rings. The van der Waals surface area contributed by atoms with Crippen molar-refractivity contribution in [2.75, 3.05) is 29.5 Å². The van der Waals surface area contributed by atoms with Crippen LogP contribution in [0.5, 0.6) is 0 Å². The van der Waals surface area contributed by atoms with Crippen LogP contribution in [0.1, 0.15) is 39.5 Å². The third kappa shape index (κ3) is 5.44. The second kappa shape index (κ2) is 9.57. The van der Waals surface area contributed by atoms with Gasteiger partial charge in [-0.25, -0.2) is 4.79 Å². The van der Waals surface area contributed by atoms with Gasteiger partial charge in [-0.05, 0) is 44.1 Å². The van der Waals surface area contributed by atoms with Crippen molar-refractivity contribution in [3.8, 4) is 0 Å². The SMILES string of the molecule is CCCCSC(C)C(=O)Nc1ccccc1NC(=O)N1CCCC1. The topological polar surface area (TPSA) is 61.4 Å². The highest BCUT2D eigenvalue weighted by Gasteiger charge is 2.20. The molecule has 6 heteroatoms. The number of para-hydroxylation sites is 2. The molecule has 2 rings (SSSR count). The normalized spacial score (nSPS) is 15.2. The van der Waals surface area contributed by atoms with E-state index in [-0.39, 0.29) is 17.2 Å². The zero-order valence-electron chi connectivity index (χ0n) is 14.5. The second-order valence-electron chi connectivity index (χ2n) is 6.03. The van der Waals surface area contributed by atoms with E-state index < -0.39 is 0 Å². The Morgan fingerprint density at radius 3 is 2.42 bits per heavy atom. The van der Waals surface area contributed by atoms with Crippen LogP contribution >= 0.6 is 11.8 Å². The van der Waals surface area contributed by atoms with E-state index in [1.807, 2.05) is 36.1 Å². The lowest BCUT2D eigenvalue weighted by Gasteiger charge is -2.19. The quantitative estimate of drug-likeness (QED) is 0.726. The molecule has 3 amide bonds. The minimum Gasteiger partial charge on any atom is -0.325 e. The smallest absolute Gasteiger partial charge is 0.321 e. The molecule has 1 saturated heterocycles. The number of hydrogen-bond donors (Lipinski definition) is 2. The molecule has 2 N–H and O–H groups in total. The molecule has 0 radical (unpaired) electrons. The molecule has 1 aromatic rings. The van der Waals surface area contributed by atoms with Gasteiger partial charge in [-0.15, -0.1) is 11.8 Å². The van der Waals surface area contributed by atoms with Crippen molar-refractivity contribution in [3.63, 3.8) is 0 Å². The largest absolute Gasteiger partial charge is 0.325 e. The summed E-state index contributed by atoms with van der Waals surface area (Å²) in [5.74, 6) is 0.956. The molecule has 5 nitrogen and oxygen atoms in total. The Labute approximate surface area is 148 Å². The number of unbranched alkanes of at least 4 members (excludes halogenated alkanes) is 1. The van der Waals surface area contributed by atoms with Gasteiger partial charge < -0.3 is 15.5 Å². The number of anilines is 2. The van der Waals surface area contributed by atoms with E-state index in [1.165, 1.54) is 0 Å². The van der Waals surface area contributed by atoms with Crippen LogP contribution in [0.15, 0.2) is 24.3 Å². The second-order valence-corrected chi connectivity index (χ2v) is 7.47. The van der Waals surface area contributed by atoms with Gasteiger partial charge in [0.1, 0.15) is 0 Å². The van der Waals surface area contributed by atoms with Crippen molar-refractivity contribution in [2.45, 2.75) is 44.8 Å². The number of hydrogen-bond acceptors (Lipinski definition) is 3. The van der Waals surface area contributed by atoms with Crippen molar-refractivity contribution in [1.29, 1.82) is 0 Å². The number of carbonyl (C=O) groups excluding carboxylic acids is 2. The fourth-order valence-corrected chi connectivity index (χ4v) is 3.55. The molecule has 1 unspecified atom stereocenters. The molecule has 132 valence electrons. The number of thioether (sulfide) groups is 1. The summed E-state index contributed by atoms with van der Waals surface area (Å²) in [5, 5.41) is 5.74. The maximum atomic E-state index is 12.3. The highest BCUT2D eigenvalue weighted by atomic mass is 32.2. The average molecular weight is 350 g/mol. The van der Waals surface area contributed by atoms with Gasteiger partial charge in [-0.3, -0.25) is 4.79 Å². The molecule has 0 aliphatic carbocycles. The van der Waals surface area contributed by atoms with Crippen molar-refractivity contribution in [2.24, 2.45) is 0 Å². The van der Waals surface area contributed by atoms with Crippen LogP contribution in [-0.4, -0.2) is 40.9 Å². The van der Waals surface area contributed by atoms with E-state index in [9.17, 15) is 9.59 Å². The minimum absolute atomic E-state index is 0.0287. The number of likely N-dealkylation sites (tertiary alicyclic amines) is 1. The summed E-state index contributed by atoms with van der Waals surface area (Å²) in [6, 6.07) is 7.25. The Kier molecular flexibility index (Phi) is 7.43. The molecule has 1 heterocycles. The van der Waals surface area contributed by atoms with Crippen molar-refractivity contribution in [3.05, 3.63) is 24.3 Å². The molecule has 1 aliphatic rings.